The number of rotatable bonds is 10. The zero-order chi connectivity index (χ0) is 25.3. The number of carbonyl (C=O) groups excluding carboxylic acids is 3. The van der Waals surface area contributed by atoms with Crippen LogP contribution in [0, 0.1) is 17.8 Å². The first-order valence-corrected chi connectivity index (χ1v) is 13.5. The highest BCUT2D eigenvalue weighted by Crippen LogP contribution is 2.59. The van der Waals surface area contributed by atoms with Crippen molar-refractivity contribution in [3.05, 3.63) is 12.7 Å². The van der Waals surface area contributed by atoms with Gasteiger partial charge in [0.1, 0.15) is 11.6 Å². The van der Waals surface area contributed by atoms with E-state index in [4.69, 9.17) is 9.47 Å². The lowest BCUT2D eigenvalue weighted by Crippen LogP contribution is -2.60. The number of amides is 2. The van der Waals surface area contributed by atoms with E-state index in [1.807, 2.05) is 18.7 Å². The van der Waals surface area contributed by atoms with Gasteiger partial charge in [0.2, 0.25) is 11.8 Å². The maximum atomic E-state index is 14.4. The summed E-state index contributed by atoms with van der Waals surface area (Å²) in [5.41, 5.74) is -1.06. The van der Waals surface area contributed by atoms with Crippen molar-refractivity contribution in [2.24, 2.45) is 17.8 Å². The average molecular weight is 491 g/mol. The fraction of sp³-hybridized carbons (Fsp3) is 0.815. The number of fused-ring (bicyclic) bond motifs is 1. The van der Waals surface area contributed by atoms with E-state index in [9.17, 15) is 19.5 Å². The predicted molar refractivity (Wildman–Crippen MR) is 130 cm³/mol. The molecule has 3 heterocycles. The topological polar surface area (TPSA) is 96.4 Å². The van der Waals surface area contributed by atoms with Gasteiger partial charge >= 0.3 is 5.97 Å². The van der Waals surface area contributed by atoms with E-state index in [2.05, 4.69) is 6.58 Å². The van der Waals surface area contributed by atoms with Gasteiger partial charge in [-0.25, -0.2) is 0 Å². The summed E-state index contributed by atoms with van der Waals surface area (Å²) < 4.78 is 11.8. The molecule has 0 radical (unpaired) electrons. The molecular weight excluding hydrogens is 448 g/mol. The minimum absolute atomic E-state index is 0.0961. The standard InChI is InChI=1S/C27H42N2O6/c1-5-14-28(18-10-8-7-9-11-18)25(32)23-27-13-12-20(35-27)21(26(33)34-6-2)22(27)24(31)29(23)19(16-30)15-17(3)4/h5,17-23,30H,1,6-16H2,2-4H3/t19-,20+,21-,22-,23+,27-/m1/s1. The molecule has 8 heteroatoms. The lowest BCUT2D eigenvalue weighted by atomic mass is 9.70. The fourth-order valence-electron chi connectivity index (χ4n) is 7.20. The number of hydrogen-bond donors (Lipinski definition) is 1. The van der Waals surface area contributed by atoms with Gasteiger partial charge in [-0.2, -0.15) is 0 Å². The molecule has 3 aliphatic heterocycles. The molecule has 4 aliphatic rings. The van der Waals surface area contributed by atoms with E-state index >= 15 is 0 Å². The SMILES string of the molecule is C=CCN(C(=O)[C@@H]1N([C@@H](CO)CC(C)C)C(=O)[C@H]2[C@H](C(=O)OCC)[C@@H]3CC[C@]12O3)C1CCCCC1. The molecule has 6 atom stereocenters. The van der Waals surface area contributed by atoms with Crippen molar-refractivity contribution in [3.8, 4) is 0 Å². The van der Waals surface area contributed by atoms with Crippen LogP contribution in [0.5, 0.6) is 0 Å². The van der Waals surface area contributed by atoms with Gasteiger partial charge in [0.15, 0.2) is 0 Å². The highest BCUT2D eigenvalue weighted by molar-refractivity contribution is 5.98. The molecule has 0 aromatic carbocycles. The number of carbonyl (C=O) groups is 3. The third kappa shape index (κ3) is 4.41. The third-order valence-corrected chi connectivity index (χ3v) is 8.50. The Kier molecular flexibility index (Phi) is 7.91. The number of nitrogens with zero attached hydrogens (tertiary/aromatic N) is 2. The molecule has 2 amide bonds. The number of esters is 1. The molecule has 4 rings (SSSR count). The minimum atomic E-state index is -1.06. The molecule has 0 unspecified atom stereocenters. The smallest absolute Gasteiger partial charge is 0.312 e. The van der Waals surface area contributed by atoms with Crippen molar-refractivity contribution in [2.45, 2.75) is 102 Å². The molecule has 1 saturated carbocycles. The van der Waals surface area contributed by atoms with Crippen LogP contribution in [-0.2, 0) is 23.9 Å². The normalized spacial score (nSPS) is 33.2. The Bertz CT molecular complexity index is 824. The van der Waals surface area contributed by atoms with E-state index in [0.29, 0.717) is 25.8 Å². The van der Waals surface area contributed by atoms with Crippen LogP contribution in [0.2, 0.25) is 0 Å². The Morgan fingerprint density at radius 3 is 2.60 bits per heavy atom. The maximum Gasteiger partial charge on any atom is 0.312 e. The van der Waals surface area contributed by atoms with Crippen LogP contribution in [0.1, 0.15) is 72.1 Å². The molecule has 35 heavy (non-hydrogen) atoms. The Labute approximate surface area is 209 Å². The first-order valence-electron chi connectivity index (χ1n) is 13.5. The van der Waals surface area contributed by atoms with Crippen LogP contribution in [0.4, 0.5) is 0 Å². The number of likely N-dealkylation sites (tertiary alicyclic amines) is 1. The monoisotopic (exact) mass is 490 g/mol. The van der Waals surface area contributed by atoms with Gasteiger partial charge in [-0.3, -0.25) is 14.4 Å². The average Bonchev–Trinajstić information content (AvgIpc) is 3.48. The van der Waals surface area contributed by atoms with Crippen LogP contribution >= 0.6 is 0 Å². The highest BCUT2D eigenvalue weighted by Gasteiger charge is 2.75. The molecule has 1 aliphatic carbocycles. The van der Waals surface area contributed by atoms with E-state index in [1.165, 1.54) is 6.42 Å². The summed E-state index contributed by atoms with van der Waals surface area (Å²) in [6.07, 6.45) is 8.23. The van der Waals surface area contributed by atoms with E-state index in [1.54, 1.807) is 17.9 Å². The summed E-state index contributed by atoms with van der Waals surface area (Å²) in [6.45, 7) is 10.1. The largest absolute Gasteiger partial charge is 0.466 e. The lowest BCUT2D eigenvalue weighted by Gasteiger charge is -2.42. The summed E-state index contributed by atoms with van der Waals surface area (Å²) in [5, 5.41) is 10.4. The van der Waals surface area contributed by atoms with Crippen molar-refractivity contribution >= 4 is 17.8 Å². The molecule has 0 aromatic rings. The van der Waals surface area contributed by atoms with Crippen molar-refractivity contribution in [1.29, 1.82) is 0 Å². The van der Waals surface area contributed by atoms with Crippen LogP contribution in [-0.4, -0.2) is 82.3 Å². The van der Waals surface area contributed by atoms with E-state index in [-0.39, 0.29) is 37.0 Å². The van der Waals surface area contributed by atoms with Gasteiger partial charge in [0.25, 0.3) is 0 Å². The quantitative estimate of drug-likeness (QED) is 0.374. The summed E-state index contributed by atoms with van der Waals surface area (Å²) in [7, 11) is 0. The lowest BCUT2D eigenvalue weighted by molar-refractivity contribution is -0.157. The zero-order valence-electron chi connectivity index (χ0n) is 21.5. The molecule has 1 N–H and O–H groups in total. The minimum Gasteiger partial charge on any atom is -0.466 e. The molecule has 2 bridgehead atoms. The Morgan fingerprint density at radius 2 is 2.00 bits per heavy atom. The van der Waals surface area contributed by atoms with E-state index < -0.39 is 41.6 Å². The summed E-state index contributed by atoms with van der Waals surface area (Å²) in [4.78, 5) is 45.0. The molecule has 8 nitrogen and oxygen atoms in total. The second-order valence-electron chi connectivity index (χ2n) is 11.1. The van der Waals surface area contributed by atoms with Gasteiger partial charge in [-0.1, -0.05) is 39.2 Å². The van der Waals surface area contributed by atoms with Crippen LogP contribution in [0.25, 0.3) is 0 Å². The highest BCUT2D eigenvalue weighted by atomic mass is 16.6. The van der Waals surface area contributed by atoms with Gasteiger partial charge in [0, 0.05) is 12.6 Å². The predicted octanol–water partition coefficient (Wildman–Crippen LogP) is 2.68. The first-order chi connectivity index (χ1) is 16.8. The van der Waals surface area contributed by atoms with Crippen molar-refractivity contribution < 1.29 is 29.0 Å². The molecular formula is C27H42N2O6. The molecule has 0 aromatic heterocycles. The number of aliphatic hydroxyl groups excluding tert-OH is 1. The first kappa shape index (κ1) is 26.1. The maximum absolute atomic E-state index is 14.4. The van der Waals surface area contributed by atoms with Gasteiger partial charge < -0.3 is 24.4 Å². The summed E-state index contributed by atoms with van der Waals surface area (Å²) >= 11 is 0. The van der Waals surface area contributed by atoms with Crippen molar-refractivity contribution in [1.82, 2.24) is 9.80 Å². The summed E-state index contributed by atoms with van der Waals surface area (Å²) in [6, 6.07) is -1.28. The van der Waals surface area contributed by atoms with Crippen LogP contribution in [0.15, 0.2) is 12.7 Å². The molecule has 1 spiro atoms. The summed E-state index contributed by atoms with van der Waals surface area (Å²) in [5.74, 6) is -2.07. The van der Waals surface area contributed by atoms with Crippen LogP contribution < -0.4 is 0 Å². The van der Waals surface area contributed by atoms with Crippen molar-refractivity contribution in [3.63, 3.8) is 0 Å². The van der Waals surface area contributed by atoms with Crippen molar-refractivity contribution in [2.75, 3.05) is 19.8 Å². The number of aliphatic hydroxyl groups is 1. The van der Waals surface area contributed by atoms with Crippen LogP contribution in [0.3, 0.4) is 0 Å². The Morgan fingerprint density at radius 1 is 1.29 bits per heavy atom. The van der Waals surface area contributed by atoms with Gasteiger partial charge in [-0.15, -0.1) is 6.58 Å². The van der Waals surface area contributed by atoms with E-state index in [0.717, 1.165) is 25.7 Å². The Balaban J connectivity index is 1.76. The zero-order valence-corrected chi connectivity index (χ0v) is 21.5. The molecule has 4 fully saturated rings. The molecule has 196 valence electrons. The van der Waals surface area contributed by atoms with Gasteiger partial charge in [0.05, 0.1) is 37.2 Å². The third-order valence-electron chi connectivity index (χ3n) is 8.50. The second-order valence-corrected chi connectivity index (χ2v) is 11.1. The second kappa shape index (κ2) is 10.6. The van der Waals surface area contributed by atoms with Gasteiger partial charge in [-0.05, 0) is 44.9 Å². The Hall–Kier alpha value is -1.93. The fourth-order valence-corrected chi connectivity index (χ4v) is 7.20. The number of ether oxygens (including phenoxy) is 2. The molecule has 3 saturated heterocycles. The number of hydrogen-bond acceptors (Lipinski definition) is 6.